The lowest BCUT2D eigenvalue weighted by molar-refractivity contribution is -0.116. The molecule has 2 rings (SSSR count). The van der Waals surface area contributed by atoms with Gasteiger partial charge in [-0.25, -0.2) is 0 Å². The lowest BCUT2D eigenvalue weighted by Crippen LogP contribution is -2.12. The van der Waals surface area contributed by atoms with Gasteiger partial charge in [-0.05, 0) is 41.7 Å². The third kappa shape index (κ3) is 4.07. The minimum atomic E-state index is 0. The summed E-state index contributed by atoms with van der Waals surface area (Å²) in [4.78, 5) is 12.0. The number of benzene rings is 2. The second-order valence-corrected chi connectivity index (χ2v) is 5.57. The number of carbonyl (C=O) groups is 1. The average molecular weight is 285 g/mol. The molecule has 0 fully saturated rings. The van der Waals surface area contributed by atoms with Gasteiger partial charge in [0.1, 0.15) is 0 Å². The molecule has 0 saturated heterocycles. The molecule has 0 saturated carbocycles. The Morgan fingerprint density at radius 1 is 1.05 bits per heavy atom. The molecule has 2 heteroatoms. The van der Waals surface area contributed by atoms with Crippen molar-refractivity contribution in [2.45, 2.75) is 52.4 Å². The highest BCUT2D eigenvalue weighted by Crippen LogP contribution is 2.28. The summed E-state index contributed by atoms with van der Waals surface area (Å²) in [5.74, 6) is 0.130. The zero-order valence-corrected chi connectivity index (χ0v) is 13.1. The summed E-state index contributed by atoms with van der Waals surface area (Å²) in [5, 5.41) is 5.62. The Morgan fingerprint density at radius 3 is 2.57 bits per heavy atom. The van der Waals surface area contributed by atoms with Crippen LogP contribution < -0.4 is 5.32 Å². The van der Waals surface area contributed by atoms with Gasteiger partial charge in [0.25, 0.3) is 0 Å². The van der Waals surface area contributed by atoms with Crippen molar-refractivity contribution < 1.29 is 6.22 Å². The molecule has 21 heavy (non-hydrogen) atoms. The number of amides is 1. The number of anilines is 1. The quantitative estimate of drug-likeness (QED) is 0.709. The van der Waals surface area contributed by atoms with E-state index in [1.54, 1.807) is 0 Å². The minimum absolute atomic E-state index is 0. The van der Waals surface area contributed by atoms with Crippen LogP contribution >= 0.6 is 0 Å². The molecular formula is C19H27NO. The number of aryl methyl sites for hydroxylation is 1. The molecule has 2 aromatic carbocycles. The molecule has 0 radical (unpaired) electrons. The van der Waals surface area contributed by atoms with Gasteiger partial charge in [0.15, 0.2) is 0 Å². The van der Waals surface area contributed by atoms with Crippen LogP contribution in [0.4, 0.5) is 5.69 Å². The van der Waals surface area contributed by atoms with Crippen LogP contribution in [0.1, 0.15) is 52.9 Å². The van der Waals surface area contributed by atoms with Gasteiger partial charge in [0, 0.05) is 13.5 Å². The topological polar surface area (TPSA) is 29.1 Å². The summed E-state index contributed by atoms with van der Waals surface area (Å²) >= 11 is 0. The van der Waals surface area contributed by atoms with Crippen LogP contribution in [0.5, 0.6) is 0 Å². The van der Waals surface area contributed by atoms with Gasteiger partial charge < -0.3 is 5.32 Å². The Labute approximate surface area is 129 Å². The first-order chi connectivity index (χ1) is 10.3. The fourth-order valence-corrected chi connectivity index (χ4v) is 2.63. The number of rotatable bonds is 7. The van der Waals surface area contributed by atoms with E-state index in [4.69, 9.17) is 0 Å². The second-order valence-electron chi connectivity index (χ2n) is 5.57. The molecular weight excluding hydrogens is 258 g/mol. The zero-order chi connectivity index (χ0) is 15.1. The van der Waals surface area contributed by atoms with Crippen LogP contribution in [0.3, 0.4) is 0 Å². The fraction of sp³-hybridized carbons (Fsp3) is 0.421. The zero-order valence-electron chi connectivity index (χ0n) is 13.1. The van der Waals surface area contributed by atoms with E-state index >= 15 is 0 Å². The largest absolute Gasteiger partial charge is 0.326 e. The van der Waals surface area contributed by atoms with Crippen molar-refractivity contribution in [2.24, 2.45) is 0 Å². The molecule has 1 amide bonds. The summed E-state index contributed by atoms with van der Waals surface area (Å²) in [6.45, 7) is 4.31. The van der Waals surface area contributed by atoms with Crippen molar-refractivity contribution >= 4 is 22.4 Å². The SMILES string of the molecule is CCCCC(=O)Nc1ccc2ccccc2c1CCCC.[HH]. The molecule has 0 unspecified atom stereocenters. The number of unbranched alkanes of at least 4 members (excludes halogenated alkanes) is 2. The summed E-state index contributed by atoms with van der Waals surface area (Å²) < 4.78 is 0. The molecule has 0 heterocycles. The smallest absolute Gasteiger partial charge is 0.224 e. The fourth-order valence-electron chi connectivity index (χ4n) is 2.63. The summed E-state index contributed by atoms with van der Waals surface area (Å²) in [7, 11) is 0. The Kier molecular flexibility index (Phi) is 5.79. The van der Waals surface area contributed by atoms with Gasteiger partial charge in [-0.2, -0.15) is 0 Å². The van der Waals surface area contributed by atoms with Crippen LogP contribution in [0.25, 0.3) is 10.8 Å². The van der Waals surface area contributed by atoms with Gasteiger partial charge in [-0.15, -0.1) is 0 Å². The number of fused-ring (bicyclic) bond motifs is 1. The Bertz CT molecular complexity index is 609. The van der Waals surface area contributed by atoms with Crippen LogP contribution in [-0.2, 0) is 11.2 Å². The molecule has 0 aromatic heterocycles. The number of nitrogens with one attached hydrogen (secondary N) is 1. The van der Waals surface area contributed by atoms with E-state index in [1.807, 2.05) is 0 Å². The third-order valence-electron chi connectivity index (χ3n) is 3.85. The van der Waals surface area contributed by atoms with Crippen molar-refractivity contribution in [3.63, 3.8) is 0 Å². The maximum Gasteiger partial charge on any atom is 0.224 e. The lowest BCUT2D eigenvalue weighted by Gasteiger charge is -2.14. The standard InChI is InChI=1S/C19H25NO.H2/c1-3-5-10-17-16-11-8-7-9-15(16)13-14-18(17)20-19(21)12-6-4-2;/h7-9,11,13-14H,3-6,10,12H2,1-2H3,(H,20,21);1H. The number of hydrogen-bond acceptors (Lipinski definition) is 1. The number of hydrogen-bond donors (Lipinski definition) is 1. The van der Waals surface area contributed by atoms with Gasteiger partial charge >= 0.3 is 0 Å². The van der Waals surface area contributed by atoms with Crippen molar-refractivity contribution in [3.05, 3.63) is 42.0 Å². The molecule has 0 aliphatic heterocycles. The first-order valence-electron chi connectivity index (χ1n) is 8.06. The van der Waals surface area contributed by atoms with Gasteiger partial charge in [-0.3, -0.25) is 4.79 Å². The Hall–Kier alpha value is -1.83. The summed E-state index contributed by atoms with van der Waals surface area (Å²) in [6, 6.07) is 12.6. The van der Waals surface area contributed by atoms with Crippen molar-refractivity contribution in [1.29, 1.82) is 0 Å². The third-order valence-corrected chi connectivity index (χ3v) is 3.85. The molecule has 2 nitrogen and oxygen atoms in total. The van der Waals surface area contributed by atoms with Gasteiger partial charge in [0.05, 0.1) is 0 Å². The molecule has 0 spiro atoms. The monoisotopic (exact) mass is 285 g/mol. The van der Waals surface area contributed by atoms with Crippen molar-refractivity contribution in [1.82, 2.24) is 0 Å². The van der Waals surface area contributed by atoms with E-state index in [0.29, 0.717) is 6.42 Å². The molecule has 2 aromatic rings. The van der Waals surface area contributed by atoms with Gasteiger partial charge in [0.2, 0.25) is 5.91 Å². The molecule has 0 atom stereocenters. The summed E-state index contributed by atoms with van der Waals surface area (Å²) in [6.07, 6.45) is 5.92. The minimum Gasteiger partial charge on any atom is -0.326 e. The van der Waals surface area contributed by atoms with E-state index in [1.165, 1.54) is 16.3 Å². The maximum absolute atomic E-state index is 12.0. The Balaban J connectivity index is 0.00000242. The second kappa shape index (κ2) is 7.82. The maximum atomic E-state index is 12.0. The number of carbonyl (C=O) groups excluding carboxylic acids is 1. The Morgan fingerprint density at radius 2 is 1.81 bits per heavy atom. The van der Waals surface area contributed by atoms with E-state index in [-0.39, 0.29) is 7.33 Å². The van der Waals surface area contributed by atoms with Gasteiger partial charge in [-0.1, -0.05) is 57.0 Å². The molecule has 114 valence electrons. The highest BCUT2D eigenvalue weighted by atomic mass is 16.1. The normalized spacial score (nSPS) is 10.8. The first-order valence-corrected chi connectivity index (χ1v) is 8.06. The lowest BCUT2D eigenvalue weighted by atomic mass is 9.98. The van der Waals surface area contributed by atoms with Crippen molar-refractivity contribution in [3.8, 4) is 0 Å². The summed E-state index contributed by atoms with van der Waals surface area (Å²) in [5.41, 5.74) is 2.27. The first kappa shape index (κ1) is 15.6. The highest BCUT2D eigenvalue weighted by Gasteiger charge is 2.10. The average Bonchev–Trinajstić information content (AvgIpc) is 2.51. The van der Waals surface area contributed by atoms with Crippen LogP contribution in [0.15, 0.2) is 36.4 Å². The van der Waals surface area contributed by atoms with Crippen LogP contribution in [-0.4, -0.2) is 5.91 Å². The predicted molar refractivity (Wildman–Crippen MR) is 92.8 cm³/mol. The van der Waals surface area contributed by atoms with Crippen LogP contribution in [0.2, 0.25) is 0 Å². The van der Waals surface area contributed by atoms with Crippen LogP contribution in [0, 0.1) is 0 Å². The van der Waals surface area contributed by atoms with Crippen molar-refractivity contribution in [2.75, 3.05) is 5.32 Å². The predicted octanol–water partition coefficient (Wildman–Crippen LogP) is 5.56. The van der Waals surface area contributed by atoms with E-state index in [2.05, 4.69) is 55.6 Å². The van der Waals surface area contributed by atoms with E-state index < -0.39 is 0 Å². The molecule has 1 N–H and O–H groups in total. The highest BCUT2D eigenvalue weighted by molar-refractivity contribution is 5.97. The molecule has 0 bridgehead atoms. The molecule has 0 aliphatic carbocycles. The molecule has 0 aliphatic rings. The van der Waals surface area contributed by atoms with E-state index in [0.717, 1.165) is 37.8 Å². The van der Waals surface area contributed by atoms with E-state index in [9.17, 15) is 4.79 Å².